The van der Waals surface area contributed by atoms with Crippen LogP contribution in [0.2, 0.25) is 0 Å². The molecule has 1 atom stereocenters. The van der Waals surface area contributed by atoms with Gasteiger partial charge in [0.2, 0.25) is 0 Å². The highest BCUT2D eigenvalue weighted by Gasteiger charge is 2.21. The van der Waals surface area contributed by atoms with Crippen LogP contribution in [0.15, 0.2) is 36.4 Å². The molecule has 0 aliphatic carbocycles. The number of aromatic nitrogens is 1. The Morgan fingerprint density at radius 1 is 1.25 bits per heavy atom. The molecule has 3 aromatic rings. The average molecular weight is 402 g/mol. The molecule has 5 N–H and O–H groups in total. The molecule has 0 aliphatic rings. The molecule has 0 fully saturated rings. The van der Waals surface area contributed by atoms with E-state index in [9.17, 15) is 14.6 Å². The number of nitrogens with one attached hydrogen (secondary N) is 1. The average Bonchev–Trinajstić information content (AvgIpc) is 2.68. The van der Waals surface area contributed by atoms with Crippen LogP contribution in [0.4, 0.5) is 10.2 Å². The molecule has 7 heteroatoms. The van der Waals surface area contributed by atoms with E-state index in [2.05, 4.69) is 5.32 Å². The highest BCUT2D eigenvalue weighted by molar-refractivity contribution is 7.97. The number of halogens is 1. The van der Waals surface area contributed by atoms with E-state index in [0.717, 1.165) is 22.1 Å². The molecule has 3 rings (SSSR count). The summed E-state index contributed by atoms with van der Waals surface area (Å²) < 4.78 is 13.9. The van der Waals surface area contributed by atoms with Gasteiger partial charge in [0, 0.05) is 41.8 Å². The Labute approximate surface area is 167 Å². The lowest BCUT2D eigenvalue weighted by molar-refractivity contribution is 0.273. The van der Waals surface area contributed by atoms with Gasteiger partial charge < -0.3 is 15.5 Å². The molecule has 0 saturated carbocycles. The van der Waals surface area contributed by atoms with Gasteiger partial charge in [0.1, 0.15) is 17.4 Å². The molecule has 0 amide bonds. The number of pyridine rings is 1. The molecule has 5 nitrogen and oxygen atoms in total. The summed E-state index contributed by atoms with van der Waals surface area (Å²) in [6, 6.07) is 9.99. The summed E-state index contributed by atoms with van der Waals surface area (Å²) in [5, 5.41) is 29.5. The summed E-state index contributed by atoms with van der Waals surface area (Å²) in [5.74, 6) is 0.977. The van der Waals surface area contributed by atoms with E-state index in [-0.39, 0.29) is 24.1 Å². The van der Waals surface area contributed by atoms with Crippen LogP contribution >= 0.6 is 11.9 Å². The summed E-state index contributed by atoms with van der Waals surface area (Å²) in [4.78, 5) is 4.70. The van der Waals surface area contributed by atoms with Crippen molar-refractivity contribution in [2.75, 3.05) is 24.2 Å². The third-order valence-electron chi connectivity index (χ3n) is 4.73. The van der Waals surface area contributed by atoms with Crippen LogP contribution in [0.5, 0.6) is 5.75 Å². The molecule has 0 bridgehead atoms. The van der Waals surface area contributed by atoms with Gasteiger partial charge in [-0.25, -0.2) is 9.37 Å². The molecule has 28 heavy (non-hydrogen) atoms. The van der Waals surface area contributed by atoms with Crippen molar-refractivity contribution in [3.63, 3.8) is 0 Å². The molecule has 148 valence electrons. The molecule has 0 saturated heterocycles. The Morgan fingerprint density at radius 2 is 2.04 bits per heavy atom. The van der Waals surface area contributed by atoms with Crippen LogP contribution < -0.4 is 10.5 Å². The topological polar surface area (TPSA) is 91.4 Å². The minimum absolute atomic E-state index is 0.0568. The maximum atomic E-state index is 13.9. The van der Waals surface area contributed by atoms with Gasteiger partial charge in [-0.3, -0.25) is 5.14 Å². The van der Waals surface area contributed by atoms with Gasteiger partial charge in [0.05, 0.1) is 5.52 Å². The SMILES string of the molecule is Cc1cc(-c2c(C(C)CO)c(NCCSN)nc3cc(O)ccc23)ccc1F. The summed E-state index contributed by atoms with van der Waals surface area (Å²) in [6.07, 6.45) is 0. The van der Waals surface area contributed by atoms with Gasteiger partial charge in [-0.2, -0.15) is 0 Å². The van der Waals surface area contributed by atoms with Crippen LogP contribution in [0, 0.1) is 12.7 Å². The molecule has 2 aromatic carbocycles. The Morgan fingerprint density at radius 3 is 2.71 bits per heavy atom. The van der Waals surface area contributed by atoms with Gasteiger partial charge in [-0.15, -0.1) is 0 Å². The molecule has 0 aliphatic heterocycles. The number of hydrogen-bond acceptors (Lipinski definition) is 6. The first-order chi connectivity index (χ1) is 13.5. The van der Waals surface area contributed by atoms with Crippen LogP contribution in [0.1, 0.15) is 24.0 Å². The minimum Gasteiger partial charge on any atom is -0.508 e. The summed E-state index contributed by atoms with van der Waals surface area (Å²) in [6.45, 7) is 4.19. The number of aliphatic hydroxyl groups excluding tert-OH is 1. The maximum absolute atomic E-state index is 13.9. The number of aryl methyl sites for hydroxylation is 1. The van der Waals surface area contributed by atoms with Gasteiger partial charge in [-0.1, -0.05) is 24.9 Å². The number of benzene rings is 2. The van der Waals surface area contributed by atoms with E-state index in [4.69, 9.17) is 10.1 Å². The number of hydrogen-bond donors (Lipinski definition) is 4. The van der Waals surface area contributed by atoms with Crippen molar-refractivity contribution in [1.82, 2.24) is 4.98 Å². The fourth-order valence-corrected chi connectivity index (χ4v) is 3.53. The fourth-order valence-electron chi connectivity index (χ4n) is 3.31. The second-order valence-electron chi connectivity index (χ2n) is 6.80. The number of anilines is 1. The molecule has 0 radical (unpaired) electrons. The molecule has 1 aromatic heterocycles. The van der Waals surface area contributed by atoms with Crippen LogP contribution in [0.25, 0.3) is 22.0 Å². The van der Waals surface area contributed by atoms with Crippen LogP contribution in [-0.2, 0) is 0 Å². The highest BCUT2D eigenvalue weighted by Crippen LogP contribution is 2.40. The summed E-state index contributed by atoms with van der Waals surface area (Å²) in [7, 11) is 0. The largest absolute Gasteiger partial charge is 0.508 e. The number of rotatable bonds is 7. The van der Waals surface area contributed by atoms with Crippen molar-refractivity contribution < 1.29 is 14.6 Å². The van der Waals surface area contributed by atoms with Crippen molar-refractivity contribution in [1.29, 1.82) is 0 Å². The number of aliphatic hydroxyl groups is 1. The van der Waals surface area contributed by atoms with Crippen molar-refractivity contribution in [3.8, 4) is 16.9 Å². The minimum atomic E-state index is -0.269. The molecule has 1 unspecified atom stereocenters. The first kappa shape index (κ1) is 20.4. The third-order valence-corrected chi connectivity index (χ3v) is 5.17. The highest BCUT2D eigenvalue weighted by atomic mass is 32.2. The lowest BCUT2D eigenvalue weighted by atomic mass is 9.88. The first-order valence-electron chi connectivity index (χ1n) is 9.05. The smallest absolute Gasteiger partial charge is 0.130 e. The summed E-state index contributed by atoms with van der Waals surface area (Å²) >= 11 is 1.23. The number of fused-ring (bicyclic) bond motifs is 1. The van der Waals surface area contributed by atoms with E-state index in [1.165, 1.54) is 18.0 Å². The van der Waals surface area contributed by atoms with Gasteiger partial charge in [-0.05, 0) is 47.9 Å². The number of nitrogens with zero attached hydrogens (tertiary/aromatic N) is 1. The van der Waals surface area contributed by atoms with E-state index >= 15 is 0 Å². The van der Waals surface area contributed by atoms with Crippen LogP contribution in [0.3, 0.4) is 0 Å². The number of aromatic hydroxyl groups is 1. The zero-order valence-corrected chi connectivity index (χ0v) is 16.7. The standard InChI is InChI=1S/C21H24FN3O2S/c1-12-9-14(3-6-17(12)22)20-16-5-4-15(27)10-18(16)25-21(24-7-8-28-23)19(20)13(2)11-26/h3-6,9-10,13,26-27H,7-8,11,23H2,1-2H3,(H,24,25). The second kappa shape index (κ2) is 8.77. The molecule has 0 spiro atoms. The Bertz CT molecular complexity index is 997. The van der Waals surface area contributed by atoms with Crippen LogP contribution in [-0.4, -0.2) is 34.1 Å². The van der Waals surface area contributed by atoms with Gasteiger partial charge >= 0.3 is 0 Å². The second-order valence-corrected chi connectivity index (χ2v) is 7.54. The monoisotopic (exact) mass is 401 g/mol. The lowest BCUT2D eigenvalue weighted by Gasteiger charge is -2.22. The van der Waals surface area contributed by atoms with Gasteiger partial charge in [0.25, 0.3) is 0 Å². The Hall–Kier alpha value is -2.35. The third kappa shape index (κ3) is 4.06. The molecular formula is C21H24FN3O2S. The van der Waals surface area contributed by atoms with Crippen molar-refractivity contribution >= 4 is 28.7 Å². The van der Waals surface area contributed by atoms with E-state index in [1.54, 1.807) is 37.3 Å². The van der Waals surface area contributed by atoms with Crippen molar-refractivity contribution in [3.05, 3.63) is 53.3 Å². The maximum Gasteiger partial charge on any atom is 0.130 e. The van der Waals surface area contributed by atoms with E-state index < -0.39 is 0 Å². The van der Waals surface area contributed by atoms with E-state index in [1.807, 2.05) is 6.92 Å². The normalized spacial score (nSPS) is 12.3. The Kier molecular flexibility index (Phi) is 6.39. The lowest BCUT2D eigenvalue weighted by Crippen LogP contribution is -2.13. The zero-order valence-electron chi connectivity index (χ0n) is 15.9. The fraction of sp³-hybridized carbons (Fsp3) is 0.286. The molecular weight excluding hydrogens is 377 g/mol. The van der Waals surface area contributed by atoms with Gasteiger partial charge in [0.15, 0.2) is 0 Å². The number of nitrogens with two attached hydrogens (primary N) is 1. The molecule has 1 heterocycles. The van der Waals surface area contributed by atoms with E-state index in [0.29, 0.717) is 29.2 Å². The summed E-state index contributed by atoms with van der Waals surface area (Å²) in [5.41, 5.74) is 3.72. The zero-order chi connectivity index (χ0) is 20.3. The van der Waals surface area contributed by atoms with Crippen molar-refractivity contribution in [2.45, 2.75) is 19.8 Å². The number of phenolic OH excluding ortho intramolecular Hbond substituents is 1. The quantitative estimate of drug-likeness (QED) is 0.351. The Balaban J connectivity index is 2.34. The predicted octanol–water partition coefficient (Wildman–Crippen LogP) is 4.17. The number of phenols is 1. The van der Waals surface area contributed by atoms with Crippen molar-refractivity contribution in [2.24, 2.45) is 5.14 Å². The predicted molar refractivity (Wildman–Crippen MR) is 114 cm³/mol. The first-order valence-corrected chi connectivity index (χ1v) is 10.1.